The predicted octanol–water partition coefficient (Wildman–Crippen LogP) is 3.76. The lowest BCUT2D eigenvalue weighted by atomic mass is 9.90. The molecule has 0 atom stereocenters. The van der Waals surface area contributed by atoms with E-state index < -0.39 is 0 Å². The highest BCUT2D eigenvalue weighted by Gasteiger charge is 2.27. The summed E-state index contributed by atoms with van der Waals surface area (Å²) >= 11 is 0. The van der Waals surface area contributed by atoms with Crippen LogP contribution in [0.2, 0.25) is 0 Å². The van der Waals surface area contributed by atoms with Gasteiger partial charge in [0.15, 0.2) is 0 Å². The van der Waals surface area contributed by atoms with E-state index >= 15 is 0 Å². The Hall–Kier alpha value is -1.38. The Kier molecular flexibility index (Phi) is 6.74. The molecule has 0 aliphatic heterocycles. The third-order valence-electron chi connectivity index (χ3n) is 2.62. The van der Waals surface area contributed by atoms with Gasteiger partial charge in [0.2, 0.25) is 5.91 Å². The van der Waals surface area contributed by atoms with Gasteiger partial charge in [0, 0.05) is 11.0 Å². The molecule has 1 N–H and O–H groups in total. The SMILES string of the molecule is CC(C)(Cc1ccccc1)NC(=O)C(C)(C)C.CF. The summed E-state index contributed by atoms with van der Waals surface area (Å²) in [7, 11) is 0.500. The lowest BCUT2D eigenvalue weighted by molar-refractivity contribution is -0.130. The van der Waals surface area contributed by atoms with Gasteiger partial charge in [-0.15, -0.1) is 0 Å². The van der Waals surface area contributed by atoms with Crippen molar-refractivity contribution < 1.29 is 9.18 Å². The van der Waals surface area contributed by atoms with Crippen LogP contribution in [-0.2, 0) is 11.2 Å². The molecule has 0 saturated carbocycles. The largest absolute Gasteiger partial charge is 0.350 e. The molecule has 0 aromatic heterocycles. The number of alkyl halides is 1. The van der Waals surface area contributed by atoms with E-state index in [1.54, 1.807) is 0 Å². The molecular weight excluding hydrogens is 241 g/mol. The highest BCUT2D eigenvalue weighted by atomic mass is 19.1. The highest BCUT2D eigenvalue weighted by molar-refractivity contribution is 5.82. The van der Waals surface area contributed by atoms with Gasteiger partial charge in [-0.25, -0.2) is 0 Å². The number of hydrogen-bond acceptors (Lipinski definition) is 1. The maximum absolute atomic E-state index is 12.0. The van der Waals surface area contributed by atoms with Gasteiger partial charge in [-0.05, 0) is 25.8 Å². The molecule has 108 valence electrons. The third-order valence-corrected chi connectivity index (χ3v) is 2.62. The van der Waals surface area contributed by atoms with Gasteiger partial charge < -0.3 is 5.32 Å². The Morgan fingerprint density at radius 2 is 1.53 bits per heavy atom. The number of rotatable bonds is 3. The van der Waals surface area contributed by atoms with Crippen LogP contribution in [0.25, 0.3) is 0 Å². The molecule has 2 nitrogen and oxygen atoms in total. The van der Waals surface area contributed by atoms with Crippen molar-refractivity contribution in [3.8, 4) is 0 Å². The number of hydrogen-bond donors (Lipinski definition) is 1. The fourth-order valence-corrected chi connectivity index (χ4v) is 1.65. The summed E-state index contributed by atoms with van der Waals surface area (Å²) in [6.45, 7) is 9.91. The van der Waals surface area contributed by atoms with E-state index in [1.165, 1.54) is 5.56 Å². The van der Waals surface area contributed by atoms with Crippen molar-refractivity contribution in [1.82, 2.24) is 5.32 Å². The van der Waals surface area contributed by atoms with E-state index in [9.17, 15) is 9.18 Å². The topological polar surface area (TPSA) is 29.1 Å². The summed E-state index contributed by atoms with van der Waals surface area (Å²) in [5, 5.41) is 3.11. The quantitative estimate of drug-likeness (QED) is 0.887. The van der Waals surface area contributed by atoms with Crippen LogP contribution in [0.3, 0.4) is 0 Å². The normalized spacial score (nSPS) is 11.3. The van der Waals surface area contributed by atoms with Crippen molar-refractivity contribution in [1.29, 1.82) is 0 Å². The highest BCUT2D eigenvalue weighted by Crippen LogP contribution is 2.18. The number of carbonyl (C=O) groups excluding carboxylic acids is 1. The molecule has 0 saturated heterocycles. The average molecular weight is 267 g/mol. The standard InChI is InChI=1S/C15H23NO.CH3F/c1-14(2,3)13(17)16-15(4,5)11-12-9-7-6-8-10-12;1-2/h6-10H,11H2,1-5H3,(H,16,17);1H3. The van der Waals surface area contributed by atoms with Crippen LogP contribution in [0.4, 0.5) is 4.39 Å². The number of amides is 1. The van der Waals surface area contributed by atoms with Crippen molar-refractivity contribution in [3.05, 3.63) is 35.9 Å². The van der Waals surface area contributed by atoms with E-state index in [-0.39, 0.29) is 16.9 Å². The van der Waals surface area contributed by atoms with E-state index in [0.717, 1.165) is 6.42 Å². The zero-order valence-electron chi connectivity index (χ0n) is 12.9. The van der Waals surface area contributed by atoms with Crippen LogP contribution < -0.4 is 5.32 Å². The first-order chi connectivity index (χ1) is 8.71. The summed E-state index contributed by atoms with van der Waals surface area (Å²) in [6, 6.07) is 10.2. The molecule has 0 unspecified atom stereocenters. The first-order valence-corrected chi connectivity index (χ1v) is 6.45. The van der Waals surface area contributed by atoms with E-state index in [4.69, 9.17) is 0 Å². The molecular formula is C16H26FNO. The summed E-state index contributed by atoms with van der Waals surface area (Å²) in [5.41, 5.74) is 0.686. The molecule has 1 rings (SSSR count). The number of carbonyl (C=O) groups is 1. The Bertz CT molecular complexity index is 379. The second-order valence-electron chi connectivity index (χ2n) is 6.25. The van der Waals surface area contributed by atoms with Crippen molar-refractivity contribution in [2.75, 3.05) is 7.18 Å². The van der Waals surface area contributed by atoms with Crippen LogP contribution in [0, 0.1) is 5.41 Å². The molecule has 1 aromatic rings. The van der Waals surface area contributed by atoms with Crippen LogP contribution in [0.1, 0.15) is 40.2 Å². The Morgan fingerprint density at radius 3 is 1.95 bits per heavy atom. The van der Waals surface area contributed by atoms with Gasteiger partial charge in [0.05, 0.1) is 7.18 Å². The van der Waals surface area contributed by atoms with E-state index in [0.29, 0.717) is 7.18 Å². The monoisotopic (exact) mass is 267 g/mol. The van der Waals surface area contributed by atoms with Gasteiger partial charge in [-0.2, -0.15) is 0 Å². The van der Waals surface area contributed by atoms with Crippen molar-refractivity contribution >= 4 is 5.91 Å². The van der Waals surface area contributed by atoms with E-state index in [2.05, 4.69) is 31.3 Å². The molecule has 0 spiro atoms. The number of benzene rings is 1. The van der Waals surface area contributed by atoms with Gasteiger partial charge in [0.1, 0.15) is 0 Å². The molecule has 0 aliphatic carbocycles. The van der Waals surface area contributed by atoms with Gasteiger partial charge >= 0.3 is 0 Å². The minimum atomic E-state index is -0.339. The Labute approximate surface area is 116 Å². The van der Waals surface area contributed by atoms with Gasteiger partial charge in [-0.1, -0.05) is 51.1 Å². The summed E-state index contributed by atoms with van der Waals surface area (Å²) in [4.78, 5) is 12.0. The lowest BCUT2D eigenvalue weighted by Crippen LogP contribution is -2.49. The first-order valence-electron chi connectivity index (χ1n) is 6.45. The van der Waals surface area contributed by atoms with Crippen molar-refractivity contribution in [3.63, 3.8) is 0 Å². The van der Waals surface area contributed by atoms with Gasteiger partial charge in [0.25, 0.3) is 0 Å². The molecule has 0 aliphatic rings. The average Bonchev–Trinajstić information content (AvgIpc) is 2.30. The van der Waals surface area contributed by atoms with Crippen LogP contribution >= 0.6 is 0 Å². The molecule has 0 fully saturated rings. The Balaban J connectivity index is 0.00000154. The van der Waals surface area contributed by atoms with Crippen LogP contribution in [0.15, 0.2) is 30.3 Å². The molecule has 1 amide bonds. The van der Waals surface area contributed by atoms with Crippen molar-refractivity contribution in [2.24, 2.45) is 5.41 Å². The minimum Gasteiger partial charge on any atom is -0.350 e. The predicted molar refractivity (Wildman–Crippen MR) is 78.9 cm³/mol. The molecule has 0 radical (unpaired) electrons. The second-order valence-corrected chi connectivity index (χ2v) is 6.25. The van der Waals surface area contributed by atoms with E-state index in [1.807, 2.05) is 39.0 Å². The fraction of sp³-hybridized carbons (Fsp3) is 0.562. The molecule has 1 aromatic carbocycles. The van der Waals surface area contributed by atoms with Gasteiger partial charge in [-0.3, -0.25) is 9.18 Å². The maximum Gasteiger partial charge on any atom is 0.225 e. The zero-order chi connectivity index (χ0) is 15.1. The first kappa shape index (κ1) is 17.6. The fourth-order valence-electron chi connectivity index (χ4n) is 1.65. The van der Waals surface area contributed by atoms with Crippen molar-refractivity contribution in [2.45, 2.75) is 46.6 Å². The third kappa shape index (κ3) is 6.94. The summed E-state index contributed by atoms with van der Waals surface area (Å²) in [6.07, 6.45) is 0.843. The smallest absolute Gasteiger partial charge is 0.225 e. The summed E-state index contributed by atoms with van der Waals surface area (Å²) < 4.78 is 9.50. The van der Waals surface area contributed by atoms with Crippen LogP contribution in [-0.4, -0.2) is 18.6 Å². The Morgan fingerprint density at radius 1 is 1.05 bits per heavy atom. The molecule has 0 bridgehead atoms. The minimum absolute atomic E-state index is 0.0958. The summed E-state index contributed by atoms with van der Waals surface area (Å²) in [5.74, 6) is 0.0958. The second kappa shape index (κ2) is 7.27. The lowest BCUT2D eigenvalue weighted by Gasteiger charge is -2.30. The molecule has 0 heterocycles. The molecule has 3 heteroatoms. The maximum atomic E-state index is 12.0. The number of halogens is 1. The van der Waals surface area contributed by atoms with Crippen LogP contribution in [0.5, 0.6) is 0 Å². The molecule has 19 heavy (non-hydrogen) atoms. The zero-order valence-corrected chi connectivity index (χ0v) is 12.9. The number of nitrogens with one attached hydrogen (secondary N) is 1.